The van der Waals surface area contributed by atoms with E-state index in [9.17, 15) is 0 Å². The Morgan fingerprint density at radius 3 is 0.867 bits per heavy atom. The summed E-state index contributed by atoms with van der Waals surface area (Å²) in [6.07, 6.45) is 23.8. The lowest BCUT2D eigenvalue weighted by Gasteiger charge is -2.13. The van der Waals surface area contributed by atoms with Crippen molar-refractivity contribution in [2.45, 2.75) is 135 Å². The highest BCUT2D eigenvalue weighted by Crippen LogP contribution is 2.19. The zero-order valence-corrected chi connectivity index (χ0v) is 21.1. The predicted octanol–water partition coefficient (Wildman–Crippen LogP) is 7.88. The van der Waals surface area contributed by atoms with Gasteiger partial charge in [0.15, 0.2) is 12.6 Å². The van der Waals surface area contributed by atoms with E-state index < -0.39 is 0 Å². The van der Waals surface area contributed by atoms with Crippen LogP contribution in [0.25, 0.3) is 0 Å². The molecule has 0 bridgehead atoms. The van der Waals surface area contributed by atoms with Crippen LogP contribution < -0.4 is 0 Å². The Labute approximate surface area is 188 Å². The van der Waals surface area contributed by atoms with E-state index in [1.807, 2.05) is 0 Å². The summed E-state index contributed by atoms with van der Waals surface area (Å²) < 4.78 is 20.9. The zero-order chi connectivity index (χ0) is 22.3. The van der Waals surface area contributed by atoms with Crippen molar-refractivity contribution in [2.75, 3.05) is 28.4 Å². The second kappa shape index (κ2) is 23.5. The Balaban J connectivity index is 3.26. The molecular formula is C26H54O4. The molecule has 0 radical (unpaired) electrons. The van der Waals surface area contributed by atoms with Crippen LogP contribution in [0.5, 0.6) is 0 Å². The van der Waals surface area contributed by atoms with Crippen LogP contribution in [0.2, 0.25) is 0 Å². The molecule has 0 N–H and O–H groups in total. The lowest BCUT2D eigenvalue weighted by atomic mass is 9.95. The molecule has 0 fully saturated rings. The maximum atomic E-state index is 5.23. The molecule has 0 saturated heterocycles. The number of rotatable bonds is 24. The molecule has 0 unspecified atom stereocenters. The lowest BCUT2D eigenvalue weighted by Crippen LogP contribution is -2.12. The third kappa shape index (κ3) is 19.8. The highest BCUT2D eigenvalue weighted by Gasteiger charge is 2.05. The van der Waals surface area contributed by atoms with Gasteiger partial charge in [0.25, 0.3) is 0 Å². The number of hydrogen-bond donors (Lipinski definition) is 0. The van der Waals surface area contributed by atoms with Crippen molar-refractivity contribution in [1.29, 1.82) is 0 Å². The van der Waals surface area contributed by atoms with Gasteiger partial charge in [-0.05, 0) is 31.6 Å². The van der Waals surface area contributed by atoms with Crippen LogP contribution >= 0.6 is 0 Å². The molecular weight excluding hydrogens is 376 g/mol. The van der Waals surface area contributed by atoms with Crippen molar-refractivity contribution in [1.82, 2.24) is 0 Å². The molecule has 0 heterocycles. The van der Waals surface area contributed by atoms with Gasteiger partial charge >= 0.3 is 0 Å². The topological polar surface area (TPSA) is 36.9 Å². The van der Waals surface area contributed by atoms with E-state index in [2.05, 4.69) is 6.92 Å². The molecule has 0 spiro atoms. The lowest BCUT2D eigenvalue weighted by molar-refractivity contribution is -0.107. The van der Waals surface area contributed by atoms with Gasteiger partial charge in [-0.15, -0.1) is 0 Å². The summed E-state index contributed by atoms with van der Waals surface area (Å²) in [5, 5.41) is 0. The van der Waals surface area contributed by atoms with Gasteiger partial charge in [0.2, 0.25) is 0 Å². The third-order valence-corrected chi connectivity index (χ3v) is 6.33. The normalized spacial score (nSPS) is 12.0. The first kappa shape index (κ1) is 29.8. The van der Waals surface area contributed by atoms with Gasteiger partial charge in [0, 0.05) is 28.4 Å². The predicted molar refractivity (Wildman–Crippen MR) is 128 cm³/mol. The zero-order valence-electron chi connectivity index (χ0n) is 21.1. The van der Waals surface area contributed by atoms with Crippen molar-refractivity contribution in [3.8, 4) is 0 Å². The van der Waals surface area contributed by atoms with E-state index in [1.54, 1.807) is 28.4 Å². The van der Waals surface area contributed by atoms with Crippen molar-refractivity contribution >= 4 is 0 Å². The quantitative estimate of drug-likeness (QED) is 0.115. The summed E-state index contributed by atoms with van der Waals surface area (Å²) >= 11 is 0. The first-order valence-corrected chi connectivity index (χ1v) is 12.8. The summed E-state index contributed by atoms with van der Waals surface area (Å²) in [7, 11) is 6.89. The van der Waals surface area contributed by atoms with Gasteiger partial charge in [0.05, 0.1) is 0 Å². The highest BCUT2D eigenvalue weighted by atomic mass is 16.7. The van der Waals surface area contributed by atoms with E-state index in [1.165, 1.54) is 103 Å². The first-order chi connectivity index (χ1) is 14.7. The van der Waals surface area contributed by atoms with Crippen LogP contribution in [-0.4, -0.2) is 41.0 Å². The van der Waals surface area contributed by atoms with Gasteiger partial charge in [-0.3, -0.25) is 0 Å². The van der Waals surface area contributed by atoms with Crippen LogP contribution in [-0.2, 0) is 18.9 Å². The SMILES string of the molecule is COC(CCCCCCCCCC(C)CCCCCCCCCC(OC)OC)OC. The molecule has 0 aromatic heterocycles. The molecule has 182 valence electrons. The minimum atomic E-state index is -0.0122. The van der Waals surface area contributed by atoms with Crippen LogP contribution in [0.3, 0.4) is 0 Å². The summed E-state index contributed by atoms with van der Waals surface area (Å²) in [6, 6.07) is 0. The largest absolute Gasteiger partial charge is 0.356 e. The van der Waals surface area contributed by atoms with Crippen molar-refractivity contribution in [3.05, 3.63) is 0 Å². The fraction of sp³-hybridized carbons (Fsp3) is 1.00. The molecule has 0 aliphatic heterocycles. The van der Waals surface area contributed by atoms with Crippen molar-refractivity contribution in [2.24, 2.45) is 5.92 Å². The molecule has 0 aromatic carbocycles. The van der Waals surface area contributed by atoms with E-state index in [4.69, 9.17) is 18.9 Å². The maximum Gasteiger partial charge on any atom is 0.156 e. The summed E-state index contributed by atoms with van der Waals surface area (Å²) in [4.78, 5) is 0. The molecule has 0 saturated carbocycles. The Morgan fingerprint density at radius 1 is 0.367 bits per heavy atom. The van der Waals surface area contributed by atoms with Crippen LogP contribution in [0.1, 0.15) is 122 Å². The number of methoxy groups -OCH3 is 4. The third-order valence-electron chi connectivity index (χ3n) is 6.33. The van der Waals surface area contributed by atoms with E-state index in [-0.39, 0.29) is 12.6 Å². The van der Waals surface area contributed by atoms with Crippen LogP contribution in [0, 0.1) is 5.92 Å². The van der Waals surface area contributed by atoms with Crippen molar-refractivity contribution in [3.63, 3.8) is 0 Å². The van der Waals surface area contributed by atoms with Gasteiger partial charge < -0.3 is 18.9 Å². The van der Waals surface area contributed by atoms with E-state index >= 15 is 0 Å². The summed E-state index contributed by atoms with van der Waals surface area (Å²) in [5.74, 6) is 0.907. The fourth-order valence-electron chi connectivity index (χ4n) is 4.18. The Hall–Kier alpha value is -0.160. The minimum absolute atomic E-state index is 0.0122. The van der Waals surface area contributed by atoms with Crippen LogP contribution in [0.4, 0.5) is 0 Å². The molecule has 0 amide bonds. The average molecular weight is 431 g/mol. The van der Waals surface area contributed by atoms with Gasteiger partial charge in [-0.2, -0.15) is 0 Å². The fourth-order valence-corrected chi connectivity index (χ4v) is 4.18. The molecule has 0 atom stereocenters. The Bertz CT molecular complexity index is 286. The van der Waals surface area contributed by atoms with Crippen molar-refractivity contribution < 1.29 is 18.9 Å². The molecule has 0 aliphatic rings. The Morgan fingerprint density at radius 2 is 0.600 bits per heavy atom. The number of ether oxygens (including phenoxy) is 4. The summed E-state index contributed by atoms with van der Waals surface area (Å²) in [6.45, 7) is 2.45. The number of unbranched alkanes of at least 4 members (excludes halogenated alkanes) is 12. The minimum Gasteiger partial charge on any atom is -0.356 e. The first-order valence-electron chi connectivity index (χ1n) is 12.8. The monoisotopic (exact) mass is 430 g/mol. The van der Waals surface area contributed by atoms with E-state index in [0.29, 0.717) is 0 Å². The molecule has 4 nitrogen and oxygen atoms in total. The van der Waals surface area contributed by atoms with Gasteiger partial charge in [-0.25, -0.2) is 0 Å². The standard InChI is InChI=1S/C26H54O4/c1-24(20-16-12-8-6-10-14-18-22-25(27-2)28-3)21-17-13-9-7-11-15-19-23-26(29-4)30-5/h24-26H,6-23H2,1-5H3. The van der Waals surface area contributed by atoms with Crippen LogP contribution in [0.15, 0.2) is 0 Å². The smallest absolute Gasteiger partial charge is 0.156 e. The highest BCUT2D eigenvalue weighted by molar-refractivity contribution is 4.56. The molecule has 0 rings (SSSR count). The maximum absolute atomic E-state index is 5.23. The molecule has 0 aromatic rings. The number of hydrogen-bond acceptors (Lipinski definition) is 4. The molecule has 30 heavy (non-hydrogen) atoms. The average Bonchev–Trinajstić information content (AvgIpc) is 2.76. The van der Waals surface area contributed by atoms with Gasteiger partial charge in [0.1, 0.15) is 0 Å². The van der Waals surface area contributed by atoms with E-state index in [0.717, 1.165) is 18.8 Å². The second-order valence-corrected chi connectivity index (χ2v) is 9.01. The summed E-state index contributed by atoms with van der Waals surface area (Å²) in [5.41, 5.74) is 0. The second-order valence-electron chi connectivity index (χ2n) is 9.01. The molecule has 0 aliphatic carbocycles. The molecule has 4 heteroatoms. The Kier molecular flexibility index (Phi) is 23.4. The van der Waals surface area contributed by atoms with Gasteiger partial charge in [-0.1, -0.05) is 96.8 Å².